The van der Waals surface area contributed by atoms with Gasteiger partial charge in [0.05, 0.1) is 5.25 Å². The Labute approximate surface area is 100 Å². The van der Waals surface area contributed by atoms with Crippen LogP contribution in [-0.4, -0.2) is 40.6 Å². The van der Waals surface area contributed by atoms with E-state index in [1.54, 1.807) is 6.92 Å². The summed E-state index contributed by atoms with van der Waals surface area (Å²) in [6.07, 6.45) is 1.99. The molecule has 16 heavy (non-hydrogen) atoms. The zero-order valence-corrected chi connectivity index (χ0v) is 10.5. The van der Waals surface area contributed by atoms with Crippen molar-refractivity contribution in [1.29, 1.82) is 0 Å². The molecule has 5 nitrogen and oxygen atoms in total. The van der Waals surface area contributed by atoms with Crippen LogP contribution in [-0.2, 0) is 9.59 Å². The SMILES string of the molecule is CCCCNC(=O)C(C)SC[C@@H](N)C(=O)O. The molecule has 0 spiro atoms. The Kier molecular flexibility index (Phi) is 8.01. The second-order valence-corrected chi connectivity index (χ2v) is 4.94. The van der Waals surface area contributed by atoms with Crippen LogP contribution in [0.3, 0.4) is 0 Å². The summed E-state index contributed by atoms with van der Waals surface area (Å²) in [5, 5.41) is 11.1. The Morgan fingerprint density at radius 3 is 2.62 bits per heavy atom. The second-order valence-electron chi connectivity index (χ2n) is 3.56. The number of carboxylic acids is 1. The van der Waals surface area contributed by atoms with Gasteiger partial charge in [0.15, 0.2) is 0 Å². The van der Waals surface area contributed by atoms with Gasteiger partial charge in [-0.2, -0.15) is 0 Å². The number of nitrogens with one attached hydrogen (secondary N) is 1. The molecule has 0 rings (SSSR count). The Balaban J connectivity index is 3.74. The number of hydrogen-bond acceptors (Lipinski definition) is 4. The number of thioether (sulfide) groups is 1. The first-order valence-electron chi connectivity index (χ1n) is 5.36. The van der Waals surface area contributed by atoms with E-state index in [0.717, 1.165) is 12.8 Å². The Bertz CT molecular complexity index is 236. The number of amides is 1. The molecule has 0 saturated heterocycles. The number of rotatable bonds is 8. The van der Waals surface area contributed by atoms with E-state index in [1.165, 1.54) is 11.8 Å². The van der Waals surface area contributed by atoms with Crippen molar-refractivity contribution >= 4 is 23.6 Å². The van der Waals surface area contributed by atoms with Crippen molar-refractivity contribution < 1.29 is 14.7 Å². The number of hydrogen-bond donors (Lipinski definition) is 3. The highest BCUT2D eigenvalue weighted by Gasteiger charge is 2.17. The normalized spacial score (nSPS) is 14.2. The van der Waals surface area contributed by atoms with Crippen molar-refractivity contribution in [1.82, 2.24) is 5.32 Å². The summed E-state index contributed by atoms with van der Waals surface area (Å²) in [6.45, 7) is 4.47. The maximum atomic E-state index is 11.5. The van der Waals surface area contributed by atoms with Crippen LogP contribution in [0.1, 0.15) is 26.7 Å². The van der Waals surface area contributed by atoms with E-state index in [9.17, 15) is 9.59 Å². The van der Waals surface area contributed by atoms with Crippen molar-refractivity contribution in [3.8, 4) is 0 Å². The average molecular weight is 248 g/mol. The lowest BCUT2D eigenvalue weighted by molar-refractivity contribution is -0.138. The average Bonchev–Trinajstić information content (AvgIpc) is 2.25. The van der Waals surface area contributed by atoms with Gasteiger partial charge < -0.3 is 16.2 Å². The molecule has 2 atom stereocenters. The van der Waals surface area contributed by atoms with Crippen LogP contribution in [0.5, 0.6) is 0 Å². The molecule has 6 heteroatoms. The standard InChI is InChI=1S/C10H20N2O3S/c1-3-4-5-12-9(13)7(2)16-6-8(11)10(14)15/h7-8H,3-6,11H2,1-2H3,(H,12,13)(H,14,15)/t7?,8-/m1/s1. The molecule has 0 radical (unpaired) electrons. The highest BCUT2D eigenvalue weighted by molar-refractivity contribution is 8.00. The molecule has 4 N–H and O–H groups in total. The van der Waals surface area contributed by atoms with Crippen LogP contribution in [0.15, 0.2) is 0 Å². The fourth-order valence-corrected chi connectivity index (χ4v) is 1.80. The Morgan fingerprint density at radius 1 is 1.50 bits per heavy atom. The highest BCUT2D eigenvalue weighted by atomic mass is 32.2. The van der Waals surface area contributed by atoms with E-state index in [2.05, 4.69) is 12.2 Å². The van der Waals surface area contributed by atoms with Gasteiger partial charge in [0, 0.05) is 12.3 Å². The topological polar surface area (TPSA) is 92.4 Å². The summed E-state index contributed by atoms with van der Waals surface area (Å²) in [5.74, 6) is -0.848. The lowest BCUT2D eigenvalue weighted by Gasteiger charge is -2.13. The first-order valence-corrected chi connectivity index (χ1v) is 6.41. The molecule has 0 aromatic rings. The summed E-state index contributed by atoms with van der Waals surface area (Å²) >= 11 is 1.26. The Hall–Kier alpha value is -0.750. The molecule has 0 bridgehead atoms. The summed E-state index contributed by atoms with van der Waals surface area (Å²) in [4.78, 5) is 21.9. The van der Waals surface area contributed by atoms with Gasteiger partial charge in [-0.3, -0.25) is 9.59 Å². The third kappa shape index (κ3) is 6.68. The molecule has 0 aliphatic rings. The molecular weight excluding hydrogens is 228 g/mol. The van der Waals surface area contributed by atoms with Crippen LogP contribution >= 0.6 is 11.8 Å². The molecule has 0 heterocycles. The minimum Gasteiger partial charge on any atom is -0.480 e. The maximum absolute atomic E-state index is 11.5. The number of carbonyl (C=O) groups excluding carboxylic acids is 1. The largest absolute Gasteiger partial charge is 0.480 e. The number of carboxylic acid groups (broad SMARTS) is 1. The van der Waals surface area contributed by atoms with Gasteiger partial charge in [0.1, 0.15) is 6.04 Å². The summed E-state index contributed by atoms with van der Waals surface area (Å²) in [5.41, 5.74) is 5.33. The fraction of sp³-hybridized carbons (Fsp3) is 0.800. The van der Waals surface area contributed by atoms with Crippen molar-refractivity contribution in [2.75, 3.05) is 12.3 Å². The lowest BCUT2D eigenvalue weighted by Crippen LogP contribution is -2.36. The lowest BCUT2D eigenvalue weighted by atomic mass is 10.3. The third-order valence-electron chi connectivity index (χ3n) is 2.04. The van der Waals surface area contributed by atoms with Crippen LogP contribution in [0.2, 0.25) is 0 Å². The zero-order valence-electron chi connectivity index (χ0n) is 9.73. The van der Waals surface area contributed by atoms with E-state index in [1.807, 2.05) is 0 Å². The molecule has 0 saturated carbocycles. The third-order valence-corrected chi connectivity index (χ3v) is 3.31. The van der Waals surface area contributed by atoms with E-state index < -0.39 is 12.0 Å². The first-order chi connectivity index (χ1) is 7.49. The van der Waals surface area contributed by atoms with Crippen molar-refractivity contribution in [2.24, 2.45) is 5.73 Å². The molecule has 94 valence electrons. The van der Waals surface area contributed by atoms with Gasteiger partial charge in [-0.15, -0.1) is 11.8 Å². The van der Waals surface area contributed by atoms with Gasteiger partial charge in [-0.05, 0) is 13.3 Å². The number of unbranched alkanes of at least 4 members (excludes halogenated alkanes) is 1. The molecule has 0 aliphatic carbocycles. The molecule has 0 aromatic carbocycles. The predicted octanol–water partition coefficient (Wildman–Crippen LogP) is 0.436. The molecule has 0 aliphatic heterocycles. The summed E-state index contributed by atoms with van der Waals surface area (Å²) < 4.78 is 0. The second kappa shape index (κ2) is 8.41. The van der Waals surface area contributed by atoms with Crippen LogP contribution in [0.25, 0.3) is 0 Å². The summed E-state index contributed by atoms with van der Waals surface area (Å²) in [7, 11) is 0. The van der Waals surface area contributed by atoms with Crippen molar-refractivity contribution in [2.45, 2.75) is 38.0 Å². The number of nitrogens with two attached hydrogens (primary N) is 1. The summed E-state index contributed by atoms with van der Waals surface area (Å²) in [6, 6.07) is -0.907. The van der Waals surface area contributed by atoms with Gasteiger partial charge in [-0.25, -0.2) is 0 Å². The Morgan fingerprint density at radius 2 is 2.12 bits per heavy atom. The monoisotopic (exact) mass is 248 g/mol. The van der Waals surface area contributed by atoms with Crippen LogP contribution in [0, 0.1) is 0 Å². The van der Waals surface area contributed by atoms with Gasteiger partial charge in [0.2, 0.25) is 5.91 Å². The van der Waals surface area contributed by atoms with Crippen LogP contribution < -0.4 is 11.1 Å². The predicted molar refractivity (Wildman–Crippen MR) is 65.4 cm³/mol. The smallest absolute Gasteiger partial charge is 0.321 e. The van der Waals surface area contributed by atoms with Crippen LogP contribution in [0.4, 0.5) is 0 Å². The molecular formula is C10H20N2O3S. The van der Waals surface area contributed by atoms with E-state index in [4.69, 9.17) is 10.8 Å². The molecule has 1 unspecified atom stereocenters. The van der Waals surface area contributed by atoms with E-state index in [0.29, 0.717) is 6.54 Å². The first kappa shape index (κ1) is 15.2. The number of aliphatic carboxylic acids is 1. The van der Waals surface area contributed by atoms with Crippen molar-refractivity contribution in [3.05, 3.63) is 0 Å². The highest BCUT2D eigenvalue weighted by Crippen LogP contribution is 2.11. The molecule has 0 aromatic heterocycles. The van der Waals surface area contributed by atoms with Gasteiger partial charge in [-0.1, -0.05) is 13.3 Å². The van der Waals surface area contributed by atoms with E-state index in [-0.39, 0.29) is 16.9 Å². The molecule has 1 amide bonds. The number of carbonyl (C=O) groups is 2. The maximum Gasteiger partial charge on any atom is 0.321 e. The quantitative estimate of drug-likeness (QED) is 0.542. The van der Waals surface area contributed by atoms with Gasteiger partial charge in [0.25, 0.3) is 0 Å². The van der Waals surface area contributed by atoms with E-state index >= 15 is 0 Å². The fourth-order valence-electron chi connectivity index (χ4n) is 0.927. The molecule has 0 fully saturated rings. The minimum atomic E-state index is -1.04. The van der Waals surface area contributed by atoms with Gasteiger partial charge >= 0.3 is 5.97 Å². The zero-order chi connectivity index (χ0) is 12.6. The minimum absolute atomic E-state index is 0.0592. The van der Waals surface area contributed by atoms with Crippen molar-refractivity contribution in [3.63, 3.8) is 0 Å².